The van der Waals surface area contributed by atoms with Crippen molar-refractivity contribution in [1.29, 1.82) is 0 Å². The van der Waals surface area contributed by atoms with E-state index >= 15 is 0 Å². The Kier molecular flexibility index (Phi) is 5.18. The first-order chi connectivity index (χ1) is 9.74. The number of hydrogen-bond donors (Lipinski definition) is 2. The molecule has 4 heteroatoms. The molecule has 108 valence electrons. The highest BCUT2D eigenvalue weighted by molar-refractivity contribution is 5.81. The van der Waals surface area contributed by atoms with Crippen molar-refractivity contribution in [3.8, 4) is 0 Å². The largest absolute Gasteiger partial charge is 0.359 e. The van der Waals surface area contributed by atoms with E-state index in [0.29, 0.717) is 6.42 Å². The van der Waals surface area contributed by atoms with Gasteiger partial charge in [0.1, 0.15) is 0 Å². The smallest absolute Gasteiger partial charge is 0.219 e. The van der Waals surface area contributed by atoms with Gasteiger partial charge in [-0.1, -0.05) is 13.0 Å². The third-order valence-electron chi connectivity index (χ3n) is 3.50. The molecule has 1 amide bonds. The van der Waals surface area contributed by atoms with Crippen LogP contribution in [0.1, 0.15) is 25.3 Å². The molecular weight excluding hydrogens is 250 g/mol. The molecule has 0 bridgehead atoms. The average molecular weight is 273 g/mol. The number of rotatable bonds is 7. The van der Waals surface area contributed by atoms with Gasteiger partial charge in [0.15, 0.2) is 0 Å². The van der Waals surface area contributed by atoms with Crippen molar-refractivity contribution in [3.05, 3.63) is 36.0 Å². The van der Waals surface area contributed by atoms with Crippen LogP contribution in [0.5, 0.6) is 0 Å². The van der Waals surface area contributed by atoms with Crippen molar-refractivity contribution in [3.63, 3.8) is 0 Å². The van der Waals surface area contributed by atoms with Gasteiger partial charge in [0.05, 0.1) is 0 Å². The lowest BCUT2D eigenvalue weighted by Gasteiger charge is -2.06. The lowest BCUT2D eigenvalue weighted by molar-refractivity contribution is -0.120. The van der Waals surface area contributed by atoms with Gasteiger partial charge in [0.25, 0.3) is 0 Å². The Morgan fingerprint density at radius 1 is 1.30 bits per heavy atom. The number of carbonyl (C=O) groups excluding carboxylic acids is 1. The lowest BCUT2D eigenvalue weighted by atomic mass is 10.1. The maximum atomic E-state index is 11.2. The summed E-state index contributed by atoms with van der Waals surface area (Å²) in [5.74, 6) is 0.106. The molecule has 1 aromatic heterocycles. The predicted molar refractivity (Wildman–Crippen MR) is 82.6 cm³/mol. The summed E-state index contributed by atoms with van der Waals surface area (Å²) in [7, 11) is 1.68. The molecule has 0 saturated heterocycles. The first-order valence-electron chi connectivity index (χ1n) is 7.23. The van der Waals surface area contributed by atoms with E-state index in [-0.39, 0.29) is 5.91 Å². The fourth-order valence-electron chi connectivity index (χ4n) is 2.36. The van der Waals surface area contributed by atoms with Gasteiger partial charge < -0.3 is 15.2 Å². The number of aromatic nitrogens is 1. The number of fused-ring (bicyclic) bond motifs is 1. The lowest BCUT2D eigenvalue weighted by Crippen LogP contribution is -2.17. The fraction of sp³-hybridized carbons (Fsp3) is 0.438. The van der Waals surface area contributed by atoms with E-state index in [9.17, 15) is 4.79 Å². The molecule has 0 atom stereocenters. The Morgan fingerprint density at radius 2 is 2.15 bits per heavy atom. The Hall–Kier alpha value is -1.81. The van der Waals surface area contributed by atoms with Crippen LogP contribution in [0.15, 0.2) is 30.5 Å². The second kappa shape index (κ2) is 7.10. The Bertz CT molecular complexity index is 574. The summed E-state index contributed by atoms with van der Waals surface area (Å²) in [6.07, 6.45) is 3.54. The van der Waals surface area contributed by atoms with Gasteiger partial charge in [-0.15, -0.1) is 0 Å². The topological polar surface area (TPSA) is 46.1 Å². The van der Waals surface area contributed by atoms with Crippen LogP contribution in [0, 0.1) is 0 Å². The maximum absolute atomic E-state index is 11.2. The summed E-state index contributed by atoms with van der Waals surface area (Å²) < 4.78 is 2.22. The number of amides is 1. The van der Waals surface area contributed by atoms with E-state index in [0.717, 1.165) is 26.1 Å². The highest BCUT2D eigenvalue weighted by Gasteiger charge is 2.03. The Labute approximate surface area is 120 Å². The molecule has 20 heavy (non-hydrogen) atoms. The zero-order valence-electron chi connectivity index (χ0n) is 12.3. The molecule has 0 aliphatic rings. The van der Waals surface area contributed by atoms with Crippen molar-refractivity contribution < 1.29 is 4.79 Å². The molecule has 4 nitrogen and oxygen atoms in total. The first-order valence-corrected chi connectivity index (χ1v) is 7.23. The number of benzene rings is 1. The summed E-state index contributed by atoms with van der Waals surface area (Å²) in [6.45, 7) is 4.89. The minimum Gasteiger partial charge on any atom is -0.359 e. The molecule has 0 unspecified atom stereocenters. The van der Waals surface area contributed by atoms with Crippen LogP contribution >= 0.6 is 0 Å². The molecule has 0 spiro atoms. The molecule has 2 rings (SSSR count). The van der Waals surface area contributed by atoms with Gasteiger partial charge in [-0.05, 0) is 42.1 Å². The molecule has 0 fully saturated rings. The molecule has 0 aliphatic heterocycles. The predicted octanol–water partition coefficient (Wildman–Crippen LogP) is 2.28. The van der Waals surface area contributed by atoms with Crippen LogP contribution < -0.4 is 10.6 Å². The zero-order valence-corrected chi connectivity index (χ0v) is 12.3. The Balaban J connectivity index is 2.02. The van der Waals surface area contributed by atoms with Crippen LogP contribution in [0.4, 0.5) is 0 Å². The number of nitrogens with one attached hydrogen (secondary N) is 2. The monoisotopic (exact) mass is 273 g/mol. The normalized spacial score (nSPS) is 10.9. The number of hydrogen-bond acceptors (Lipinski definition) is 2. The third-order valence-corrected chi connectivity index (χ3v) is 3.50. The number of nitrogens with zero attached hydrogens (tertiary/aromatic N) is 1. The summed E-state index contributed by atoms with van der Waals surface area (Å²) >= 11 is 0. The van der Waals surface area contributed by atoms with Crippen molar-refractivity contribution in [1.82, 2.24) is 15.2 Å². The van der Waals surface area contributed by atoms with Gasteiger partial charge >= 0.3 is 0 Å². The number of carbonyl (C=O) groups is 1. The minimum atomic E-state index is 0.106. The van der Waals surface area contributed by atoms with Crippen LogP contribution in [-0.2, 0) is 17.9 Å². The molecule has 1 aromatic carbocycles. The summed E-state index contributed by atoms with van der Waals surface area (Å²) in [4.78, 5) is 11.2. The molecule has 2 N–H and O–H groups in total. The molecule has 0 aliphatic carbocycles. The summed E-state index contributed by atoms with van der Waals surface area (Å²) in [5, 5.41) is 7.26. The van der Waals surface area contributed by atoms with Gasteiger partial charge in [0.2, 0.25) is 5.91 Å². The van der Waals surface area contributed by atoms with Crippen LogP contribution in [0.2, 0.25) is 0 Å². The molecular formula is C16H23N3O. The van der Waals surface area contributed by atoms with E-state index in [1.807, 2.05) is 0 Å². The van der Waals surface area contributed by atoms with Crippen molar-refractivity contribution in [2.45, 2.75) is 32.9 Å². The van der Waals surface area contributed by atoms with Crippen LogP contribution in [-0.4, -0.2) is 24.1 Å². The fourth-order valence-corrected chi connectivity index (χ4v) is 2.36. The minimum absolute atomic E-state index is 0.106. The van der Waals surface area contributed by atoms with Gasteiger partial charge in [-0.25, -0.2) is 0 Å². The Morgan fingerprint density at radius 3 is 2.90 bits per heavy atom. The highest BCUT2D eigenvalue weighted by atomic mass is 16.1. The van der Waals surface area contributed by atoms with Gasteiger partial charge in [-0.3, -0.25) is 4.79 Å². The molecule has 2 aromatic rings. The highest BCUT2D eigenvalue weighted by Crippen LogP contribution is 2.18. The second-order valence-corrected chi connectivity index (χ2v) is 4.96. The van der Waals surface area contributed by atoms with Crippen molar-refractivity contribution in [2.75, 3.05) is 13.6 Å². The molecule has 1 heterocycles. The summed E-state index contributed by atoms with van der Waals surface area (Å²) in [5.41, 5.74) is 2.55. The standard InChI is InChI=1S/C16H23N3O/c1-3-18-12-13-6-7-15-14(11-13)8-10-19(15)9-4-5-16(20)17-2/h6-8,10-11,18H,3-5,9,12H2,1-2H3,(H,17,20). The van der Waals surface area contributed by atoms with E-state index in [2.05, 4.69) is 52.6 Å². The van der Waals surface area contributed by atoms with Crippen LogP contribution in [0.25, 0.3) is 10.9 Å². The van der Waals surface area contributed by atoms with Gasteiger partial charge in [-0.2, -0.15) is 0 Å². The average Bonchev–Trinajstić information content (AvgIpc) is 2.87. The van der Waals surface area contributed by atoms with Crippen molar-refractivity contribution >= 4 is 16.8 Å². The van der Waals surface area contributed by atoms with E-state index in [4.69, 9.17) is 0 Å². The maximum Gasteiger partial charge on any atom is 0.219 e. The van der Waals surface area contributed by atoms with E-state index in [1.165, 1.54) is 16.5 Å². The molecule has 0 radical (unpaired) electrons. The van der Waals surface area contributed by atoms with E-state index < -0.39 is 0 Å². The third kappa shape index (κ3) is 3.61. The SMILES string of the molecule is CCNCc1ccc2c(ccn2CCCC(=O)NC)c1. The van der Waals surface area contributed by atoms with E-state index in [1.54, 1.807) is 7.05 Å². The first kappa shape index (κ1) is 14.6. The zero-order chi connectivity index (χ0) is 14.4. The molecule has 0 saturated carbocycles. The summed E-state index contributed by atoms with van der Waals surface area (Å²) in [6, 6.07) is 8.71. The second-order valence-electron chi connectivity index (χ2n) is 4.96. The quantitative estimate of drug-likeness (QED) is 0.813. The number of aryl methyl sites for hydroxylation is 1. The van der Waals surface area contributed by atoms with Crippen LogP contribution in [0.3, 0.4) is 0 Å². The van der Waals surface area contributed by atoms with Gasteiger partial charge in [0, 0.05) is 38.3 Å². The van der Waals surface area contributed by atoms with Crippen molar-refractivity contribution in [2.24, 2.45) is 0 Å².